The molecule has 0 bridgehead atoms. The maximum absolute atomic E-state index is 5.69. The van der Waals surface area contributed by atoms with Crippen LogP contribution in [0.1, 0.15) is 16.9 Å². The summed E-state index contributed by atoms with van der Waals surface area (Å²) >= 11 is 0. The van der Waals surface area contributed by atoms with E-state index >= 15 is 0 Å². The minimum absolute atomic E-state index is 0.714. The lowest BCUT2D eigenvalue weighted by molar-refractivity contribution is 0.312. The maximum atomic E-state index is 5.69. The first-order chi connectivity index (χ1) is 13.2. The van der Waals surface area contributed by atoms with Gasteiger partial charge in [0.05, 0.1) is 6.20 Å². The van der Waals surface area contributed by atoms with Gasteiger partial charge >= 0.3 is 0 Å². The molecule has 3 aromatic heterocycles. The van der Waals surface area contributed by atoms with Crippen molar-refractivity contribution in [1.29, 1.82) is 0 Å². The number of nitrogens with one attached hydrogen (secondary N) is 2. The first-order valence-corrected chi connectivity index (χ1v) is 9.37. The average Bonchev–Trinajstić information content (AvgIpc) is 3.32. The van der Waals surface area contributed by atoms with Gasteiger partial charge in [0.2, 0.25) is 0 Å². The standard InChI is InChI=1S/C20H26N6O/c1-15-3-5-18(27-15)20-17(14-23-24-20)13-21-11-16-4-6-19(22-12-16)26-9-7-25(2)8-10-26/h3-6,12,14,21H,7-11,13H2,1-2H3,(H,23,24). The minimum Gasteiger partial charge on any atom is -0.460 e. The molecule has 4 heterocycles. The third-order valence-electron chi connectivity index (χ3n) is 4.99. The molecule has 0 aliphatic carbocycles. The highest BCUT2D eigenvalue weighted by Crippen LogP contribution is 2.23. The lowest BCUT2D eigenvalue weighted by Crippen LogP contribution is -2.44. The molecule has 27 heavy (non-hydrogen) atoms. The quantitative estimate of drug-likeness (QED) is 0.698. The second-order valence-corrected chi connectivity index (χ2v) is 7.10. The Bertz CT molecular complexity index is 861. The fourth-order valence-corrected chi connectivity index (χ4v) is 3.31. The lowest BCUT2D eigenvalue weighted by Gasteiger charge is -2.33. The number of hydrogen-bond donors (Lipinski definition) is 2. The van der Waals surface area contributed by atoms with Gasteiger partial charge in [0.25, 0.3) is 0 Å². The Kier molecular flexibility index (Phi) is 5.22. The average molecular weight is 366 g/mol. The molecular formula is C20H26N6O. The summed E-state index contributed by atoms with van der Waals surface area (Å²) in [5, 5.41) is 10.6. The smallest absolute Gasteiger partial charge is 0.152 e. The van der Waals surface area contributed by atoms with E-state index in [9.17, 15) is 0 Å². The molecule has 7 heteroatoms. The fourth-order valence-electron chi connectivity index (χ4n) is 3.31. The van der Waals surface area contributed by atoms with Gasteiger partial charge in [-0.3, -0.25) is 5.10 Å². The van der Waals surface area contributed by atoms with E-state index in [1.807, 2.05) is 31.5 Å². The van der Waals surface area contributed by atoms with E-state index in [0.717, 1.165) is 61.3 Å². The van der Waals surface area contributed by atoms with Gasteiger partial charge in [-0.1, -0.05) is 6.07 Å². The Morgan fingerprint density at radius 3 is 2.63 bits per heavy atom. The lowest BCUT2D eigenvalue weighted by atomic mass is 10.2. The van der Waals surface area contributed by atoms with E-state index in [1.54, 1.807) is 0 Å². The zero-order valence-corrected chi connectivity index (χ0v) is 15.9. The summed E-state index contributed by atoms with van der Waals surface area (Å²) in [6.45, 7) is 7.67. The van der Waals surface area contributed by atoms with E-state index in [0.29, 0.717) is 6.54 Å². The molecule has 2 N–H and O–H groups in total. The molecule has 0 atom stereocenters. The number of H-pyrrole nitrogens is 1. The number of aromatic nitrogens is 3. The predicted octanol–water partition coefficient (Wildman–Crippen LogP) is 2.41. The number of likely N-dealkylation sites (N-methyl/N-ethyl adjacent to an activating group) is 1. The highest BCUT2D eigenvalue weighted by atomic mass is 16.3. The van der Waals surface area contributed by atoms with Crippen molar-refractivity contribution in [2.45, 2.75) is 20.0 Å². The van der Waals surface area contributed by atoms with Crippen LogP contribution < -0.4 is 10.2 Å². The summed E-state index contributed by atoms with van der Waals surface area (Å²) in [5.74, 6) is 2.78. The van der Waals surface area contributed by atoms with Crippen LogP contribution in [0.5, 0.6) is 0 Å². The number of anilines is 1. The van der Waals surface area contributed by atoms with Gasteiger partial charge in [-0.25, -0.2) is 4.98 Å². The summed E-state index contributed by atoms with van der Waals surface area (Å²) in [4.78, 5) is 9.34. The van der Waals surface area contributed by atoms with Crippen LogP contribution in [0.4, 0.5) is 5.82 Å². The molecule has 0 radical (unpaired) electrons. The summed E-state index contributed by atoms with van der Waals surface area (Å²) in [7, 11) is 2.16. The van der Waals surface area contributed by atoms with E-state index in [1.165, 1.54) is 5.56 Å². The van der Waals surface area contributed by atoms with Gasteiger partial charge in [-0.15, -0.1) is 0 Å². The molecule has 1 saturated heterocycles. The van der Waals surface area contributed by atoms with Gasteiger partial charge in [-0.2, -0.15) is 5.10 Å². The van der Waals surface area contributed by atoms with Crippen LogP contribution in [-0.4, -0.2) is 53.3 Å². The summed E-state index contributed by atoms with van der Waals surface area (Å²) in [6, 6.07) is 8.20. The van der Waals surface area contributed by atoms with E-state index in [4.69, 9.17) is 4.42 Å². The minimum atomic E-state index is 0.714. The van der Waals surface area contributed by atoms with Crippen molar-refractivity contribution in [2.24, 2.45) is 0 Å². The van der Waals surface area contributed by atoms with Gasteiger partial charge in [0.15, 0.2) is 5.76 Å². The molecule has 1 fully saturated rings. The third kappa shape index (κ3) is 4.20. The molecule has 1 aliphatic rings. The van der Waals surface area contributed by atoms with Crippen LogP contribution in [-0.2, 0) is 13.1 Å². The Hall–Kier alpha value is -2.64. The number of furan rings is 1. The molecule has 1 aliphatic heterocycles. The number of hydrogen-bond acceptors (Lipinski definition) is 6. The van der Waals surface area contributed by atoms with Crippen LogP contribution in [0.15, 0.2) is 41.1 Å². The van der Waals surface area contributed by atoms with Crippen molar-refractivity contribution in [3.8, 4) is 11.5 Å². The van der Waals surface area contributed by atoms with Gasteiger partial charge < -0.3 is 19.5 Å². The second kappa shape index (κ2) is 7.94. The SMILES string of the molecule is Cc1ccc(-c2[nH]ncc2CNCc2ccc(N3CCN(C)CC3)nc2)o1. The molecule has 142 valence electrons. The van der Waals surface area contributed by atoms with Crippen LogP contribution in [0.2, 0.25) is 0 Å². The Morgan fingerprint density at radius 2 is 1.93 bits per heavy atom. The van der Waals surface area contributed by atoms with Crippen molar-refractivity contribution in [1.82, 2.24) is 25.4 Å². The molecular weight excluding hydrogens is 340 g/mol. The molecule has 0 aromatic carbocycles. The van der Waals surface area contributed by atoms with Crippen molar-refractivity contribution < 1.29 is 4.42 Å². The number of pyridine rings is 1. The zero-order valence-electron chi connectivity index (χ0n) is 15.9. The van der Waals surface area contributed by atoms with Crippen molar-refractivity contribution in [3.63, 3.8) is 0 Å². The van der Waals surface area contributed by atoms with Crippen LogP contribution >= 0.6 is 0 Å². The second-order valence-electron chi connectivity index (χ2n) is 7.10. The molecule has 0 spiro atoms. The molecule has 0 unspecified atom stereocenters. The van der Waals surface area contributed by atoms with Gasteiger partial charge in [0, 0.05) is 51.0 Å². The van der Waals surface area contributed by atoms with E-state index in [-0.39, 0.29) is 0 Å². The van der Waals surface area contributed by atoms with E-state index < -0.39 is 0 Å². The van der Waals surface area contributed by atoms with Gasteiger partial charge in [-0.05, 0) is 37.7 Å². The molecule has 3 aromatic rings. The molecule has 7 nitrogen and oxygen atoms in total. The largest absolute Gasteiger partial charge is 0.460 e. The van der Waals surface area contributed by atoms with Crippen molar-refractivity contribution in [2.75, 3.05) is 38.1 Å². The van der Waals surface area contributed by atoms with Crippen LogP contribution in [0, 0.1) is 6.92 Å². The van der Waals surface area contributed by atoms with Crippen molar-refractivity contribution >= 4 is 5.82 Å². The number of aromatic amines is 1. The number of piperazine rings is 1. The van der Waals surface area contributed by atoms with Crippen molar-refractivity contribution in [3.05, 3.63) is 53.5 Å². The summed E-state index contributed by atoms with van der Waals surface area (Å²) < 4.78 is 5.69. The highest BCUT2D eigenvalue weighted by molar-refractivity contribution is 5.56. The number of rotatable bonds is 6. The number of aryl methyl sites for hydroxylation is 1. The normalized spacial score (nSPS) is 15.4. The van der Waals surface area contributed by atoms with Gasteiger partial charge in [0.1, 0.15) is 17.3 Å². The Labute approximate surface area is 159 Å². The molecule has 0 saturated carbocycles. The topological polar surface area (TPSA) is 73.2 Å². The number of nitrogens with zero attached hydrogens (tertiary/aromatic N) is 4. The first kappa shape index (κ1) is 17.8. The molecule has 4 rings (SSSR count). The van der Waals surface area contributed by atoms with Crippen LogP contribution in [0.3, 0.4) is 0 Å². The fraction of sp³-hybridized carbons (Fsp3) is 0.400. The Morgan fingerprint density at radius 1 is 1.07 bits per heavy atom. The highest BCUT2D eigenvalue weighted by Gasteiger charge is 2.15. The monoisotopic (exact) mass is 366 g/mol. The van der Waals surface area contributed by atoms with E-state index in [2.05, 4.69) is 49.5 Å². The Balaban J connectivity index is 1.32. The summed E-state index contributed by atoms with van der Waals surface area (Å²) in [5.41, 5.74) is 3.19. The molecule has 0 amide bonds. The first-order valence-electron chi connectivity index (χ1n) is 9.37. The third-order valence-corrected chi connectivity index (χ3v) is 4.99. The zero-order chi connectivity index (χ0) is 18.6. The maximum Gasteiger partial charge on any atom is 0.152 e. The predicted molar refractivity (Wildman–Crippen MR) is 106 cm³/mol. The van der Waals surface area contributed by atoms with Crippen LogP contribution in [0.25, 0.3) is 11.5 Å². The summed E-state index contributed by atoms with van der Waals surface area (Å²) in [6.07, 6.45) is 3.81.